The van der Waals surface area contributed by atoms with Gasteiger partial charge in [-0.05, 0) is 44.2 Å². The second kappa shape index (κ2) is 10.2. The molecule has 0 bridgehead atoms. The first-order valence-corrected chi connectivity index (χ1v) is 9.82. The molecule has 2 amide bonds. The van der Waals surface area contributed by atoms with E-state index in [4.69, 9.17) is 14.2 Å². The SMILES string of the molecule is CCC(C)NC(=O)CC1CCN(C(=O)c2cc(OC)c(OC)c(OC)c2)CC1. The summed E-state index contributed by atoms with van der Waals surface area (Å²) >= 11 is 0. The van der Waals surface area contributed by atoms with Gasteiger partial charge in [-0.1, -0.05) is 6.92 Å². The summed E-state index contributed by atoms with van der Waals surface area (Å²) in [7, 11) is 4.59. The van der Waals surface area contributed by atoms with Gasteiger partial charge in [-0.2, -0.15) is 0 Å². The summed E-state index contributed by atoms with van der Waals surface area (Å²) in [5.74, 6) is 1.73. The summed E-state index contributed by atoms with van der Waals surface area (Å²) in [5, 5.41) is 3.01. The Labute approximate surface area is 167 Å². The molecule has 1 unspecified atom stereocenters. The van der Waals surface area contributed by atoms with Gasteiger partial charge in [-0.25, -0.2) is 0 Å². The number of methoxy groups -OCH3 is 3. The molecule has 156 valence electrons. The van der Waals surface area contributed by atoms with Crippen molar-refractivity contribution in [1.29, 1.82) is 0 Å². The maximum atomic E-state index is 12.9. The average Bonchev–Trinajstić information content (AvgIpc) is 2.72. The molecule has 28 heavy (non-hydrogen) atoms. The topological polar surface area (TPSA) is 77.1 Å². The van der Waals surface area contributed by atoms with Crippen LogP contribution in [0.2, 0.25) is 0 Å². The van der Waals surface area contributed by atoms with Gasteiger partial charge in [0.05, 0.1) is 21.3 Å². The monoisotopic (exact) mass is 392 g/mol. The van der Waals surface area contributed by atoms with Crippen molar-refractivity contribution < 1.29 is 23.8 Å². The summed E-state index contributed by atoms with van der Waals surface area (Å²) in [5.41, 5.74) is 0.502. The summed E-state index contributed by atoms with van der Waals surface area (Å²) in [6.45, 7) is 5.34. The van der Waals surface area contributed by atoms with Crippen molar-refractivity contribution in [1.82, 2.24) is 10.2 Å². The second-order valence-electron chi connectivity index (χ2n) is 7.23. The number of likely N-dealkylation sites (tertiary alicyclic amines) is 1. The van der Waals surface area contributed by atoms with Gasteiger partial charge in [-0.15, -0.1) is 0 Å². The lowest BCUT2D eigenvalue weighted by molar-refractivity contribution is -0.122. The Morgan fingerprint density at radius 2 is 1.68 bits per heavy atom. The van der Waals surface area contributed by atoms with Gasteiger partial charge in [0.2, 0.25) is 11.7 Å². The van der Waals surface area contributed by atoms with Crippen LogP contribution in [-0.4, -0.2) is 57.2 Å². The normalized spacial score (nSPS) is 15.7. The number of nitrogens with one attached hydrogen (secondary N) is 1. The van der Waals surface area contributed by atoms with Gasteiger partial charge in [0.1, 0.15) is 0 Å². The fourth-order valence-corrected chi connectivity index (χ4v) is 3.43. The molecule has 0 spiro atoms. The van der Waals surface area contributed by atoms with Crippen molar-refractivity contribution in [2.24, 2.45) is 5.92 Å². The standard InChI is InChI=1S/C21H32N2O5/c1-6-14(2)22-19(24)11-15-7-9-23(10-8-15)21(25)16-12-17(26-3)20(28-5)18(13-16)27-4/h12-15H,6-11H2,1-5H3,(H,22,24). The zero-order valence-corrected chi connectivity index (χ0v) is 17.5. The smallest absolute Gasteiger partial charge is 0.254 e. The second-order valence-corrected chi connectivity index (χ2v) is 7.23. The van der Waals surface area contributed by atoms with Gasteiger partial charge >= 0.3 is 0 Å². The van der Waals surface area contributed by atoms with Gasteiger partial charge < -0.3 is 24.4 Å². The van der Waals surface area contributed by atoms with Crippen LogP contribution in [0.5, 0.6) is 17.2 Å². The maximum Gasteiger partial charge on any atom is 0.254 e. The molecule has 0 aliphatic carbocycles. The van der Waals surface area contributed by atoms with E-state index in [9.17, 15) is 9.59 Å². The molecule has 1 N–H and O–H groups in total. The molecular weight excluding hydrogens is 360 g/mol. The highest BCUT2D eigenvalue weighted by Gasteiger charge is 2.27. The lowest BCUT2D eigenvalue weighted by Crippen LogP contribution is -2.40. The van der Waals surface area contributed by atoms with Crippen LogP contribution >= 0.6 is 0 Å². The number of hydrogen-bond donors (Lipinski definition) is 1. The van der Waals surface area contributed by atoms with Crippen LogP contribution in [0.15, 0.2) is 12.1 Å². The number of carbonyl (C=O) groups excluding carboxylic acids is 2. The molecule has 1 aromatic carbocycles. The van der Waals surface area contributed by atoms with Crippen molar-refractivity contribution in [3.63, 3.8) is 0 Å². The molecule has 1 aliphatic rings. The van der Waals surface area contributed by atoms with Crippen LogP contribution in [-0.2, 0) is 4.79 Å². The first-order valence-electron chi connectivity index (χ1n) is 9.82. The Balaban J connectivity index is 1.99. The Morgan fingerprint density at radius 3 is 2.14 bits per heavy atom. The number of benzene rings is 1. The van der Waals surface area contributed by atoms with Crippen molar-refractivity contribution in [3.8, 4) is 17.2 Å². The highest BCUT2D eigenvalue weighted by atomic mass is 16.5. The van der Waals surface area contributed by atoms with Crippen LogP contribution in [0.3, 0.4) is 0 Å². The quantitative estimate of drug-likeness (QED) is 0.736. The van der Waals surface area contributed by atoms with Gasteiger partial charge in [0.25, 0.3) is 5.91 Å². The zero-order chi connectivity index (χ0) is 20.7. The zero-order valence-electron chi connectivity index (χ0n) is 17.5. The summed E-state index contributed by atoms with van der Waals surface area (Å²) < 4.78 is 16.0. The summed E-state index contributed by atoms with van der Waals surface area (Å²) in [6, 6.07) is 3.55. The van der Waals surface area contributed by atoms with Crippen LogP contribution in [0, 0.1) is 5.92 Å². The fourth-order valence-electron chi connectivity index (χ4n) is 3.43. The molecule has 1 atom stereocenters. The molecule has 7 heteroatoms. The first-order chi connectivity index (χ1) is 13.4. The third-order valence-electron chi connectivity index (χ3n) is 5.31. The highest BCUT2D eigenvalue weighted by Crippen LogP contribution is 2.38. The first kappa shape index (κ1) is 21.9. The van der Waals surface area contributed by atoms with Crippen LogP contribution < -0.4 is 19.5 Å². The lowest BCUT2D eigenvalue weighted by atomic mass is 9.92. The molecule has 1 heterocycles. The predicted octanol–water partition coefficient (Wildman–Crippen LogP) is 2.87. The van der Waals surface area contributed by atoms with Crippen LogP contribution in [0.4, 0.5) is 0 Å². The maximum absolute atomic E-state index is 12.9. The molecule has 1 fully saturated rings. The minimum absolute atomic E-state index is 0.0678. The van der Waals surface area contributed by atoms with E-state index in [0.717, 1.165) is 19.3 Å². The fraction of sp³-hybridized carbons (Fsp3) is 0.619. The number of piperidine rings is 1. The molecule has 1 saturated heterocycles. The van der Waals surface area contributed by atoms with E-state index in [1.165, 1.54) is 21.3 Å². The van der Waals surface area contributed by atoms with Crippen LogP contribution in [0.1, 0.15) is 49.9 Å². The average molecular weight is 392 g/mol. The predicted molar refractivity (Wildman–Crippen MR) is 107 cm³/mol. The Kier molecular flexibility index (Phi) is 7.96. The molecule has 2 rings (SSSR count). The van der Waals surface area contributed by atoms with Crippen molar-refractivity contribution in [3.05, 3.63) is 17.7 Å². The van der Waals surface area contributed by atoms with Gasteiger partial charge in [0, 0.05) is 31.1 Å². The minimum atomic E-state index is -0.0678. The molecule has 7 nitrogen and oxygen atoms in total. The number of rotatable bonds is 8. The third kappa shape index (κ3) is 5.30. The molecule has 0 radical (unpaired) electrons. The van der Waals surface area contributed by atoms with Gasteiger partial charge in [-0.3, -0.25) is 9.59 Å². The molecule has 1 aliphatic heterocycles. The molecule has 0 aromatic heterocycles. The summed E-state index contributed by atoms with van der Waals surface area (Å²) in [6.07, 6.45) is 3.10. The Bertz CT molecular complexity index is 658. The van der Waals surface area contributed by atoms with Gasteiger partial charge in [0.15, 0.2) is 11.5 Å². The molecule has 1 aromatic rings. The van der Waals surface area contributed by atoms with E-state index in [1.54, 1.807) is 12.1 Å². The van der Waals surface area contributed by atoms with E-state index in [2.05, 4.69) is 12.2 Å². The number of ether oxygens (including phenoxy) is 3. The number of nitrogens with zero attached hydrogens (tertiary/aromatic N) is 1. The highest BCUT2D eigenvalue weighted by molar-refractivity contribution is 5.95. The Morgan fingerprint density at radius 1 is 1.11 bits per heavy atom. The number of hydrogen-bond acceptors (Lipinski definition) is 5. The van der Waals surface area contributed by atoms with E-state index in [-0.39, 0.29) is 17.9 Å². The van der Waals surface area contributed by atoms with E-state index in [0.29, 0.717) is 48.2 Å². The lowest BCUT2D eigenvalue weighted by Gasteiger charge is -2.32. The third-order valence-corrected chi connectivity index (χ3v) is 5.31. The van der Waals surface area contributed by atoms with Crippen molar-refractivity contribution in [2.75, 3.05) is 34.4 Å². The molecular formula is C21H32N2O5. The van der Waals surface area contributed by atoms with E-state index < -0.39 is 0 Å². The molecule has 0 saturated carbocycles. The summed E-state index contributed by atoms with van der Waals surface area (Å²) in [4.78, 5) is 26.9. The van der Waals surface area contributed by atoms with Crippen LogP contribution in [0.25, 0.3) is 0 Å². The van der Waals surface area contributed by atoms with Crippen molar-refractivity contribution in [2.45, 2.75) is 45.6 Å². The number of amides is 2. The van der Waals surface area contributed by atoms with E-state index >= 15 is 0 Å². The van der Waals surface area contributed by atoms with E-state index in [1.807, 2.05) is 11.8 Å². The largest absolute Gasteiger partial charge is 0.493 e. The van der Waals surface area contributed by atoms with Crippen molar-refractivity contribution >= 4 is 11.8 Å². The minimum Gasteiger partial charge on any atom is -0.493 e. The number of carbonyl (C=O) groups is 2. The Hall–Kier alpha value is -2.44.